The van der Waals surface area contributed by atoms with Crippen molar-refractivity contribution in [1.29, 1.82) is 0 Å². The molecule has 1 aromatic heterocycles. The maximum absolute atomic E-state index is 13.7. The van der Waals surface area contributed by atoms with E-state index in [9.17, 15) is 14.0 Å². The zero-order valence-corrected chi connectivity index (χ0v) is 14.4. The number of hydrogen-bond acceptors (Lipinski definition) is 5. The maximum Gasteiger partial charge on any atom is 0.339 e. The average Bonchev–Trinajstić information content (AvgIpc) is 2.69. The number of ether oxygens (including phenoxy) is 1. The number of hydrogen-bond donors (Lipinski definition) is 2. The third kappa shape index (κ3) is 4.27. The average molecular weight is 365 g/mol. The van der Waals surface area contributed by atoms with Crippen LogP contribution in [0.3, 0.4) is 0 Å². The van der Waals surface area contributed by atoms with Gasteiger partial charge in [-0.05, 0) is 36.4 Å². The molecule has 0 unspecified atom stereocenters. The summed E-state index contributed by atoms with van der Waals surface area (Å²) in [6.45, 7) is 0. The molecule has 0 aliphatic rings. The topological polar surface area (TPSA) is 80.3 Å². The zero-order valence-electron chi connectivity index (χ0n) is 14.4. The van der Waals surface area contributed by atoms with E-state index >= 15 is 0 Å². The van der Waals surface area contributed by atoms with Gasteiger partial charge in [0.05, 0.1) is 35.8 Å². The molecule has 0 atom stereocenters. The van der Waals surface area contributed by atoms with Crippen molar-refractivity contribution in [3.05, 3.63) is 83.8 Å². The number of anilines is 3. The lowest BCUT2D eigenvalue weighted by molar-refractivity contribution is 0.0601. The van der Waals surface area contributed by atoms with Crippen molar-refractivity contribution in [2.45, 2.75) is 0 Å². The fourth-order valence-electron chi connectivity index (χ4n) is 2.41. The summed E-state index contributed by atoms with van der Waals surface area (Å²) in [6, 6.07) is 15.8. The van der Waals surface area contributed by atoms with Gasteiger partial charge in [0.1, 0.15) is 11.6 Å². The standard InChI is InChI=1S/C20H16FN3O3/c1-27-20(26)15-7-3-5-9-17(15)23-13-10-11-18(22-12-13)24-19(25)14-6-2-4-8-16(14)21/h2-12,23H,1H3,(H,22,24,25). The SMILES string of the molecule is COC(=O)c1ccccc1Nc1ccc(NC(=O)c2ccccc2F)nc1. The number of nitrogens with one attached hydrogen (secondary N) is 2. The van der Waals surface area contributed by atoms with Gasteiger partial charge in [0.25, 0.3) is 5.91 Å². The highest BCUT2D eigenvalue weighted by atomic mass is 19.1. The molecule has 0 saturated carbocycles. The molecular weight excluding hydrogens is 349 g/mol. The molecule has 3 rings (SSSR count). The number of halogens is 1. The highest BCUT2D eigenvalue weighted by Crippen LogP contribution is 2.22. The fourth-order valence-corrected chi connectivity index (χ4v) is 2.41. The normalized spacial score (nSPS) is 10.1. The maximum atomic E-state index is 13.7. The number of amides is 1. The molecule has 0 aliphatic heterocycles. The minimum atomic E-state index is -0.604. The molecule has 1 heterocycles. The number of methoxy groups -OCH3 is 1. The molecule has 2 N–H and O–H groups in total. The van der Waals surface area contributed by atoms with Crippen molar-refractivity contribution in [3.8, 4) is 0 Å². The molecule has 0 bridgehead atoms. The highest BCUT2D eigenvalue weighted by Gasteiger charge is 2.13. The molecule has 6 nitrogen and oxygen atoms in total. The molecular formula is C20H16FN3O3. The van der Waals surface area contributed by atoms with E-state index in [1.54, 1.807) is 42.5 Å². The number of nitrogens with zero attached hydrogens (tertiary/aromatic N) is 1. The monoisotopic (exact) mass is 365 g/mol. The lowest BCUT2D eigenvalue weighted by Gasteiger charge is -2.11. The third-order valence-electron chi connectivity index (χ3n) is 3.73. The predicted octanol–water partition coefficient (Wildman–Crippen LogP) is 4.00. The van der Waals surface area contributed by atoms with Crippen LogP contribution in [0.1, 0.15) is 20.7 Å². The van der Waals surface area contributed by atoms with Gasteiger partial charge in [-0.1, -0.05) is 24.3 Å². The van der Waals surface area contributed by atoms with Gasteiger partial charge in [-0.2, -0.15) is 0 Å². The molecule has 0 fully saturated rings. The lowest BCUT2D eigenvalue weighted by atomic mass is 10.1. The second-order valence-electron chi connectivity index (χ2n) is 5.53. The van der Waals surface area contributed by atoms with E-state index in [-0.39, 0.29) is 11.4 Å². The largest absolute Gasteiger partial charge is 0.465 e. The number of carbonyl (C=O) groups is 2. The Labute approximate surface area is 155 Å². The first-order chi connectivity index (χ1) is 13.1. The molecule has 136 valence electrons. The predicted molar refractivity (Wildman–Crippen MR) is 99.7 cm³/mol. The van der Waals surface area contributed by atoms with E-state index in [0.29, 0.717) is 16.9 Å². The van der Waals surface area contributed by atoms with Crippen LogP contribution < -0.4 is 10.6 Å². The Morgan fingerprint density at radius 1 is 0.963 bits per heavy atom. The summed E-state index contributed by atoms with van der Waals surface area (Å²) >= 11 is 0. The van der Waals surface area contributed by atoms with Crippen LogP contribution in [0.5, 0.6) is 0 Å². The number of aromatic nitrogens is 1. The van der Waals surface area contributed by atoms with Crippen molar-refractivity contribution in [2.24, 2.45) is 0 Å². The van der Waals surface area contributed by atoms with E-state index in [4.69, 9.17) is 4.74 Å². The Bertz CT molecular complexity index is 974. The summed E-state index contributed by atoms with van der Waals surface area (Å²) in [5.41, 5.74) is 1.50. The second kappa shape index (κ2) is 8.09. The van der Waals surface area contributed by atoms with E-state index < -0.39 is 17.7 Å². The number of esters is 1. The van der Waals surface area contributed by atoms with Crippen LogP contribution in [0, 0.1) is 5.82 Å². The van der Waals surface area contributed by atoms with Crippen LogP contribution in [-0.2, 0) is 4.74 Å². The Hall–Kier alpha value is -3.74. The van der Waals surface area contributed by atoms with Crippen LogP contribution in [0.25, 0.3) is 0 Å². The van der Waals surface area contributed by atoms with Gasteiger partial charge in [0.15, 0.2) is 0 Å². The van der Waals surface area contributed by atoms with Gasteiger partial charge in [0.2, 0.25) is 0 Å². The lowest BCUT2D eigenvalue weighted by Crippen LogP contribution is -2.14. The minimum Gasteiger partial charge on any atom is -0.465 e. The number of benzene rings is 2. The van der Waals surface area contributed by atoms with Crippen LogP contribution in [0.4, 0.5) is 21.6 Å². The fraction of sp³-hybridized carbons (Fsp3) is 0.0500. The molecule has 0 spiro atoms. The molecule has 0 aliphatic carbocycles. The summed E-state index contributed by atoms with van der Waals surface area (Å²) in [5, 5.41) is 5.61. The number of carbonyl (C=O) groups excluding carboxylic acids is 2. The van der Waals surface area contributed by atoms with Crippen molar-refractivity contribution in [1.82, 2.24) is 4.98 Å². The Morgan fingerprint density at radius 2 is 1.67 bits per heavy atom. The molecule has 0 saturated heterocycles. The molecule has 0 radical (unpaired) electrons. The van der Waals surface area contributed by atoms with Crippen molar-refractivity contribution < 1.29 is 18.7 Å². The Morgan fingerprint density at radius 3 is 2.33 bits per heavy atom. The summed E-state index contributed by atoms with van der Waals surface area (Å²) < 4.78 is 18.4. The van der Waals surface area contributed by atoms with Gasteiger partial charge in [0, 0.05) is 0 Å². The van der Waals surface area contributed by atoms with Crippen LogP contribution >= 0.6 is 0 Å². The van der Waals surface area contributed by atoms with Crippen LogP contribution in [0.2, 0.25) is 0 Å². The van der Waals surface area contributed by atoms with E-state index in [2.05, 4.69) is 15.6 Å². The molecule has 3 aromatic rings. The van der Waals surface area contributed by atoms with E-state index in [1.165, 1.54) is 31.5 Å². The van der Waals surface area contributed by atoms with E-state index in [0.717, 1.165) is 0 Å². The smallest absolute Gasteiger partial charge is 0.339 e. The van der Waals surface area contributed by atoms with Gasteiger partial charge < -0.3 is 15.4 Å². The highest BCUT2D eigenvalue weighted by molar-refractivity contribution is 6.04. The first kappa shape index (κ1) is 18.1. The van der Waals surface area contributed by atoms with Crippen molar-refractivity contribution >= 4 is 29.1 Å². The van der Waals surface area contributed by atoms with Gasteiger partial charge in [-0.25, -0.2) is 14.2 Å². The number of pyridine rings is 1. The third-order valence-corrected chi connectivity index (χ3v) is 3.73. The molecule has 7 heteroatoms. The van der Waals surface area contributed by atoms with Crippen molar-refractivity contribution in [3.63, 3.8) is 0 Å². The van der Waals surface area contributed by atoms with Crippen molar-refractivity contribution in [2.75, 3.05) is 17.7 Å². The Kier molecular flexibility index (Phi) is 5.41. The molecule has 27 heavy (non-hydrogen) atoms. The molecule has 1 amide bonds. The number of rotatable bonds is 5. The zero-order chi connectivity index (χ0) is 19.2. The Balaban J connectivity index is 1.72. The molecule has 2 aromatic carbocycles. The quantitative estimate of drug-likeness (QED) is 0.668. The van der Waals surface area contributed by atoms with Crippen LogP contribution in [-0.4, -0.2) is 24.0 Å². The second-order valence-corrected chi connectivity index (χ2v) is 5.53. The summed E-state index contributed by atoms with van der Waals surface area (Å²) in [4.78, 5) is 28.0. The minimum absolute atomic E-state index is 0.0616. The summed E-state index contributed by atoms with van der Waals surface area (Å²) in [7, 11) is 1.31. The van der Waals surface area contributed by atoms with Gasteiger partial charge in [-0.3, -0.25) is 4.79 Å². The van der Waals surface area contributed by atoms with Gasteiger partial charge in [-0.15, -0.1) is 0 Å². The van der Waals surface area contributed by atoms with Gasteiger partial charge >= 0.3 is 5.97 Å². The van der Waals surface area contributed by atoms with E-state index in [1.807, 2.05) is 0 Å². The first-order valence-electron chi connectivity index (χ1n) is 8.05. The first-order valence-corrected chi connectivity index (χ1v) is 8.05. The summed E-state index contributed by atoms with van der Waals surface area (Å²) in [6.07, 6.45) is 1.49. The summed E-state index contributed by atoms with van der Waals surface area (Å²) in [5.74, 6) is -1.38. The van der Waals surface area contributed by atoms with Crippen LogP contribution in [0.15, 0.2) is 66.9 Å². The number of para-hydroxylation sites is 1.